The van der Waals surface area contributed by atoms with Gasteiger partial charge in [0, 0.05) is 31.0 Å². The molecule has 9 nitrogen and oxygen atoms in total. The zero-order valence-corrected chi connectivity index (χ0v) is 21.3. The molecular weight excluding hydrogens is 523 g/mol. The van der Waals surface area contributed by atoms with Crippen LogP contribution < -0.4 is 16.4 Å². The molecule has 0 radical (unpaired) electrons. The molecular formula is C25H27ClF3N7O2. The summed E-state index contributed by atoms with van der Waals surface area (Å²) in [6, 6.07) is 4.62. The van der Waals surface area contributed by atoms with E-state index in [-0.39, 0.29) is 52.2 Å². The molecule has 2 heterocycles. The predicted molar refractivity (Wildman–Crippen MR) is 137 cm³/mol. The Bertz CT molecular complexity index is 1360. The predicted octanol–water partition coefficient (Wildman–Crippen LogP) is 4.39. The Hall–Kier alpha value is -3.64. The zero-order valence-electron chi connectivity index (χ0n) is 20.6. The highest BCUT2D eigenvalue weighted by Crippen LogP contribution is 2.36. The standard InChI is InChI=1S/C25H27ClF3N7O2/c1-3-10-36-13-18(21(34-36)25(27,28)29)20-12-31-22(35(20)2)24(38)33-16-8-9-17(19(26)11-16)23(37)32-15-6-4-14(30)5-7-15/h3,8-9,11-15H,1,4-7,10,30H2,2H3,(H,32,37)(H,33,38). The molecule has 0 saturated heterocycles. The Balaban J connectivity index is 1.49. The van der Waals surface area contributed by atoms with Gasteiger partial charge in [-0.05, 0) is 43.9 Å². The number of anilines is 1. The van der Waals surface area contributed by atoms with Gasteiger partial charge < -0.3 is 20.9 Å². The van der Waals surface area contributed by atoms with Crippen molar-refractivity contribution < 1.29 is 22.8 Å². The maximum Gasteiger partial charge on any atom is 0.435 e. The molecule has 0 bridgehead atoms. The van der Waals surface area contributed by atoms with E-state index in [1.807, 2.05) is 0 Å². The molecule has 13 heteroatoms. The van der Waals surface area contributed by atoms with Gasteiger partial charge in [0.15, 0.2) is 11.5 Å². The number of amides is 2. The Morgan fingerprint density at radius 3 is 2.58 bits per heavy atom. The molecule has 1 fully saturated rings. The van der Waals surface area contributed by atoms with Crippen LogP contribution in [0.3, 0.4) is 0 Å². The minimum atomic E-state index is -4.71. The SMILES string of the molecule is C=CCn1cc(-c2cnc(C(=O)Nc3ccc(C(=O)NC4CCC(N)CC4)c(Cl)c3)n2C)c(C(F)(F)F)n1. The van der Waals surface area contributed by atoms with Crippen molar-refractivity contribution in [3.63, 3.8) is 0 Å². The normalized spacial score (nSPS) is 17.7. The average molecular weight is 550 g/mol. The molecule has 1 saturated carbocycles. The Morgan fingerprint density at radius 2 is 1.95 bits per heavy atom. The van der Waals surface area contributed by atoms with Crippen LogP contribution in [0.4, 0.5) is 18.9 Å². The van der Waals surface area contributed by atoms with E-state index in [9.17, 15) is 22.8 Å². The largest absolute Gasteiger partial charge is 0.435 e. The fourth-order valence-corrected chi connectivity index (χ4v) is 4.67. The number of nitrogens with two attached hydrogens (primary N) is 1. The second-order valence-corrected chi connectivity index (χ2v) is 9.57. The number of hydrogen-bond donors (Lipinski definition) is 3. The number of nitrogens with one attached hydrogen (secondary N) is 2. The van der Waals surface area contributed by atoms with Gasteiger partial charge in [0.25, 0.3) is 11.8 Å². The second-order valence-electron chi connectivity index (χ2n) is 9.16. The maximum atomic E-state index is 13.6. The molecule has 2 aromatic heterocycles. The molecule has 4 rings (SSSR count). The van der Waals surface area contributed by atoms with Gasteiger partial charge in [0.05, 0.1) is 34.6 Å². The number of benzene rings is 1. The fraction of sp³-hybridized carbons (Fsp3) is 0.360. The van der Waals surface area contributed by atoms with Crippen LogP contribution in [-0.4, -0.2) is 43.2 Å². The van der Waals surface area contributed by atoms with E-state index >= 15 is 0 Å². The summed E-state index contributed by atoms with van der Waals surface area (Å²) in [4.78, 5) is 29.6. The average Bonchev–Trinajstić information content (AvgIpc) is 3.44. The first-order valence-corrected chi connectivity index (χ1v) is 12.3. The van der Waals surface area contributed by atoms with Crippen LogP contribution in [0, 0.1) is 0 Å². The highest BCUT2D eigenvalue weighted by Gasteiger charge is 2.38. The second kappa shape index (κ2) is 11.0. The number of alkyl halides is 3. The lowest BCUT2D eigenvalue weighted by molar-refractivity contribution is -0.141. The third kappa shape index (κ3) is 5.91. The van der Waals surface area contributed by atoms with Crippen LogP contribution in [-0.2, 0) is 19.8 Å². The van der Waals surface area contributed by atoms with E-state index in [1.54, 1.807) is 0 Å². The van der Waals surface area contributed by atoms with Gasteiger partial charge in [0.1, 0.15) is 0 Å². The van der Waals surface area contributed by atoms with Crippen LogP contribution in [0.2, 0.25) is 5.02 Å². The van der Waals surface area contributed by atoms with E-state index in [2.05, 4.69) is 27.3 Å². The molecule has 38 heavy (non-hydrogen) atoms. The Morgan fingerprint density at radius 1 is 1.24 bits per heavy atom. The maximum absolute atomic E-state index is 13.6. The molecule has 0 aliphatic heterocycles. The number of nitrogens with zero attached hydrogens (tertiary/aromatic N) is 4. The number of aromatic nitrogens is 4. The van der Waals surface area contributed by atoms with Crippen LogP contribution in [0.25, 0.3) is 11.3 Å². The van der Waals surface area contributed by atoms with Gasteiger partial charge in [-0.25, -0.2) is 4.98 Å². The van der Waals surface area contributed by atoms with Gasteiger partial charge >= 0.3 is 6.18 Å². The third-order valence-corrected chi connectivity index (χ3v) is 6.70. The molecule has 2 amide bonds. The van der Waals surface area contributed by atoms with Crippen molar-refractivity contribution >= 4 is 29.1 Å². The Kier molecular flexibility index (Phi) is 7.93. The smallest absolute Gasteiger partial charge is 0.349 e. The number of hydrogen-bond acceptors (Lipinski definition) is 5. The van der Waals surface area contributed by atoms with Crippen molar-refractivity contribution in [3.8, 4) is 11.3 Å². The van der Waals surface area contributed by atoms with Crippen molar-refractivity contribution in [3.05, 3.63) is 65.4 Å². The van der Waals surface area contributed by atoms with Crippen LogP contribution in [0.1, 0.15) is 52.4 Å². The molecule has 0 spiro atoms. The van der Waals surface area contributed by atoms with Crippen molar-refractivity contribution in [2.75, 3.05) is 5.32 Å². The van der Waals surface area contributed by atoms with Gasteiger partial charge in [-0.15, -0.1) is 6.58 Å². The van der Waals surface area contributed by atoms with E-state index < -0.39 is 17.8 Å². The van der Waals surface area contributed by atoms with Crippen molar-refractivity contribution in [1.29, 1.82) is 0 Å². The number of rotatable bonds is 7. The van der Waals surface area contributed by atoms with E-state index in [0.717, 1.165) is 30.4 Å². The van der Waals surface area contributed by atoms with Crippen LogP contribution >= 0.6 is 11.6 Å². The lowest BCUT2D eigenvalue weighted by atomic mass is 9.91. The number of allylic oxidation sites excluding steroid dienone is 1. The first-order chi connectivity index (χ1) is 18.0. The minimum absolute atomic E-state index is 0.0251. The van der Waals surface area contributed by atoms with E-state index in [4.69, 9.17) is 17.3 Å². The van der Waals surface area contributed by atoms with Gasteiger partial charge in [0.2, 0.25) is 0 Å². The summed E-state index contributed by atoms with van der Waals surface area (Å²) in [7, 11) is 1.43. The highest BCUT2D eigenvalue weighted by molar-refractivity contribution is 6.34. The van der Waals surface area contributed by atoms with Crippen molar-refractivity contribution in [1.82, 2.24) is 24.6 Å². The lowest BCUT2D eigenvalue weighted by Crippen LogP contribution is -2.40. The highest BCUT2D eigenvalue weighted by atomic mass is 35.5. The quantitative estimate of drug-likeness (QED) is 0.377. The lowest BCUT2D eigenvalue weighted by Gasteiger charge is -2.27. The van der Waals surface area contributed by atoms with Crippen LogP contribution in [0.15, 0.2) is 43.2 Å². The monoisotopic (exact) mass is 549 g/mol. The number of carbonyl (C=O) groups excluding carboxylic acids is 2. The van der Waals surface area contributed by atoms with Crippen LogP contribution in [0.5, 0.6) is 0 Å². The summed E-state index contributed by atoms with van der Waals surface area (Å²) in [6.07, 6.45) is 2.40. The van der Waals surface area contributed by atoms with Gasteiger partial charge in [-0.3, -0.25) is 14.3 Å². The van der Waals surface area contributed by atoms with Gasteiger partial charge in [-0.1, -0.05) is 17.7 Å². The number of halogens is 4. The van der Waals surface area contributed by atoms with E-state index in [1.165, 1.54) is 48.3 Å². The topological polar surface area (TPSA) is 120 Å². The molecule has 4 N–H and O–H groups in total. The summed E-state index contributed by atoms with van der Waals surface area (Å²) >= 11 is 6.32. The summed E-state index contributed by atoms with van der Waals surface area (Å²) in [5.74, 6) is -1.12. The first-order valence-electron chi connectivity index (χ1n) is 11.9. The summed E-state index contributed by atoms with van der Waals surface area (Å²) in [5.41, 5.74) is 5.22. The number of carbonyl (C=O) groups is 2. The fourth-order valence-electron chi connectivity index (χ4n) is 4.41. The first kappa shape index (κ1) is 27.4. The van der Waals surface area contributed by atoms with Crippen molar-refractivity contribution in [2.24, 2.45) is 12.8 Å². The molecule has 1 aliphatic rings. The summed E-state index contributed by atoms with van der Waals surface area (Å²) in [6.45, 7) is 3.60. The minimum Gasteiger partial charge on any atom is -0.349 e. The molecule has 1 aromatic carbocycles. The summed E-state index contributed by atoms with van der Waals surface area (Å²) in [5, 5.41) is 9.33. The molecule has 0 unspecified atom stereocenters. The Labute approximate surface area is 221 Å². The molecule has 0 atom stereocenters. The van der Waals surface area contributed by atoms with Crippen molar-refractivity contribution in [2.45, 2.75) is 50.5 Å². The molecule has 202 valence electrons. The molecule has 3 aromatic rings. The summed E-state index contributed by atoms with van der Waals surface area (Å²) < 4.78 is 43.1. The van der Waals surface area contributed by atoms with Gasteiger partial charge in [-0.2, -0.15) is 18.3 Å². The third-order valence-electron chi connectivity index (χ3n) is 6.39. The van der Waals surface area contributed by atoms with E-state index in [0.29, 0.717) is 5.69 Å². The number of imidazole rings is 1. The molecule has 1 aliphatic carbocycles. The zero-order chi connectivity index (χ0) is 27.6.